The molecule has 0 aliphatic carbocycles. The van der Waals surface area contributed by atoms with Crippen molar-refractivity contribution in [3.8, 4) is 0 Å². The lowest BCUT2D eigenvalue weighted by molar-refractivity contribution is 0.160. The van der Waals surface area contributed by atoms with Crippen LogP contribution < -0.4 is 0 Å². The van der Waals surface area contributed by atoms with E-state index in [1.807, 2.05) is 6.92 Å². The summed E-state index contributed by atoms with van der Waals surface area (Å²) >= 11 is 3.17. The van der Waals surface area contributed by atoms with Gasteiger partial charge in [-0.25, -0.2) is 5.11 Å². The Morgan fingerprint density at radius 3 is 2.33 bits per heavy atom. The first kappa shape index (κ1) is 6.44. The van der Waals surface area contributed by atoms with Crippen LogP contribution in [0.4, 0.5) is 0 Å². The molecule has 0 aromatic heterocycles. The molecule has 6 heavy (non-hydrogen) atoms. The molecule has 0 bridgehead atoms. The molecular formula is C4H8BrO. The summed E-state index contributed by atoms with van der Waals surface area (Å²) in [4.78, 5) is 0. The van der Waals surface area contributed by atoms with Gasteiger partial charge in [-0.2, -0.15) is 0 Å². The van der Waals surface area contributed by atoms with E-state index in [0.717, 1.165) is 5.33 Å². The van der Waals surface area contributed by atoms with E-state index in [9.17, 15) is 5.11 Å². The number of hydrogen-bond acceptors (Lipinski definition) is 0. The molecule has 0 saturated heterocycles. The first-order chi connectivity index (χ1) is 2.81. The van der Waals surface area contributed by atoms with Crippen molar-refractivity contribution < 1.29 is 5.11 Å². The summed E-state index contributed by atoms with van der Waals surface area (Å²) < 4.78 is 0. The predicted molar refractivity (Wildman–Crippen MR) is 28.5 cm³/mol. The minimum Gasteiger partial charge on any atom is -0.236 e. The van der Waals surface area contributed by atoms with Crippen LogP contribution in [0.2, 0.25) is 0 Å². The number of hydrogen-bond donors (Lipinski definition) is 0. The number of halogens is 1. The zero-order valence-corrected chi connectivity index (χ0v) is 5.36. The Morgan fingerprint density at radius 2 is 2.33 bits per heavy atom. The van der Waals surface area contributed by atoms with Crippen molar-refractivity contribution in [2.75, 3.05) is 11.9 Å². The second kappa shape index (κ2) is 3.62. The molecule has 1 atom stereocenters. The Kier molecular flexibility index (Phi) is 3.89. The van der Waals surface area contributed by atoms with Gasteiger partial charge in [0.05, 0.1) is 6.61 Å². The van der Waals surface area contributed by atoms with E-state index in [0.29, 0.717) is 5.92 Å². The van der Waals surface area contributed by atoms with E-state index < -0.39 is 0 Å². The molecule has 0 rings (SSSR count). The summed E-state index contributed by atoms with van der Waals surface area (Å²) in [6.45, 7) is 1.95. The van der Waals surface area contributed by atoms with Crippen molar-refractivity contribution in [1.29, 1.82) is 0 Å². The molecule has 0 saturated carbocycles. The highest BCUT2D eigenvalue weighted by Crippen LogP contribution is 1.95. The first-order valence-corrected chi connectivity index (χ1v) is 3.07. The topological polar surface area (TPSA) is 19.9 Å². The van der Waals surface area contributed by atoms with Gasteiger partial charge in [0.2, 0.25) is 0 Å². The highest BCUT2D eigenvalue weighted by molar-refractivity contribution is 9.09. The fraction of sp³-hybridized carbons (Fsp3) is 1.00. The van der Waals surface area contributed by atoms with Crippen LogP contribution in [0.1, 0.15) is 6.92 Å². The van der Waals surface area contributed by atoms with Crippen LogP contribution in [0.3, 0.4) is 0 Å². The average Bonchev–Trinajstić information content (AvgIpc) is 1.65. The van der Waals surface area contributed by atoms with Crippen molar-refractivity contribution in [3.63, 3.8) is 0 Å². The van der Waals surface area contributed by atoms with Gasteiger partial charge in [0.15, 0.2) is 0 Å². The molecule has 0 aromatic carbocycles. The highest BCUT2D eigenvalue weighted by atomic mass is 79.9. The number of alkyl halides is 1. The Balaban J connectivity index is 2.75. The fourth-order valence-electron chi connectivity index (χ4n) is 0.0445. The normalized spacial score (nSPS) is 14.5. The monoisotopic (exact) mass is 151 g/mol. The van der Waals surface area contributed by atoms with Gasteiger partial charge in [0, 0.05) is 5.33 Å². The van der Waals surface area contributed by atoms with Crippen molar-refractivity contribution in [1.82, 2.24) is 0 Å². The van der Waals surface area contributed by atoms with Crippen LogP contribution in [0.25, 0.3) is 0 Å². The van der Waals surface area contributed by atoms with E-state index in [4.69, 9.17) is 0 Å². The van der Waals surface area contributed by atoms with Crippen LogP contribution >= 0.6 is 15.9 Å². The molecule has 1 unspecified atom stereocenters. The molecular weight excluding hydrogens is 144 g/mol. The molecule has 0 aromatic rings. The van der Waals surface area contributed by atoms with Gasteiger partial charge in [0.1, 0.15) is 0 Å². The van der Waals surface area contributed by atoms with E-state index >= 15 is 0 Å². The molecule has 0 fully saturated rings. The second-order valence-electron chi connectivity index (χ2n) is 1.43. The highest BCUT2D eigenvalue weighted by Gasteiger charge is 1.93. The summed E-state index contributed by atoms with van der Waals surface area (Å²) in [7, 11) is 0. The predicted octanol–water partition coefficient (Wildman–Crippen LogP) is 1.45. The fourth-order valence-corrected chi connectivity index (χ4v) is 0.231. The average molecular weight is 152 g/mol. The van der Waals surface area contributed by atoms with Crippen molar-refractivity contribution in [2.24, 2.45) is 5.92 Å². The van der Waals surface area contributed by atoms with Crippen LogP contribution in [-0.2, 0) is 5.11 Å². The Bertz CT molecular complexity index is 26.7. The Hall–Kier alpha value is 0.440. The molecule has 0 amide bonds. The molecule has 2 heteroatoms. The minimum absolute atomic E-state index is 0.0330. The summed E-state index contributed by atoms with van der Waals surface area (Å²) in [6, 6.07) is 0. The largest absolute Gasteiger partial charge is 0.236 e. The van der Waals surface area contributed by atoms with Gasteiger partial charge in [-0.3, -0.25) is 0 Å². The SMILES string of the molecule is CC(C[O])CBr. The van der Waals surface area contributed by atoms with Gasteiger partial charge in [-0.05, 0) is 5.92 Å². The van der Waals surface area contributed by atoms with Crippen LogP contribution in [0.5, 0.6) is 0 Å². The first-order valence-electron chi connectivity index (χ1n) is 1.95. The van der Waals surface area contributed by atoms with Crippen LogP contribution in [0.15, 0.2) is 0 Å². The lowest BCUT2D eigenvalue weighted by Gasteiger charge is -1.94. The number of rotatable bonds is 2. The molecule has 0 N–H and O–H groups in total. The van der Waals surface area contributed by atoms with Crippen LogP contribution in [0, 0.1) is 5.92 Å². The van der Waals surface area contributed by atoms with Gasteiger partial charge < -0.3 is 0 Å². The maximum Gasteiger partial charge on any atom is 0.0855 e. The molecule has 1 radical (unpaired) electrons. The van der Waals surface area contributed by atoms with Gasteiger partial charge >= 0.3 is 0 Å². The smallest absolute Gasteiger partial charge is 0.0855 e. The third-order valence-electron chi connectivity index (χ3n) is 0.548. The summed E-state index contributed by atoms with van der Waals surface area (Å²) in [5, 5.41) is 10.7. The third kappa shape index (κ3) is 2.67. The van der Waals surface area contributed by atoms with Crippen molar-refractivity contribution >= 4 is 15.9 Å². The quantitative estimate of drug-likeness (QED) is 0.533. The van der Waals surface area contributed by atoms with Crippen LogP contribution in [-0.4, -0.2) is 11.9 Å². The van der Waals surface area contributed by atoms with Gasteiger partial charge in [0.25, 0.3) is 0 Å². The third-order valence-corrected chi connectivity index (χ3v) is 1.65. The molecule has 0 aliphatic heterocycles. The molecule has 0 heterocycles. The lowest BCUT2D eigenvalue weighted by Crippen LogP contribution is -1.98. The van der Waals surface area contributed by atoms with Gasteiger partial charge in [-0.1, -0.05) is 22.9 Å². The minimum atomic E-state index is 0.0330. The molecule has 0 spiro atoms. The zero-order valence-electron chi connectivity index (χ0n) is 3.78. The Labute approximate surface area is 46.5 Å². The lowest BCUT2D eigenvalue weighted by atomic mass is 10.2. The molecule has 0 aliphatic rings. The van der Waals surface area contributed by atoms with E-state index in [1.54, 1.807) is 0 Å². The zero-order chi connectivity index (χ0) is 4.99. The van der Waals surface area contributed by atoms with E-state index in [1.165, 1.54) is 0 Å². The maximum atomic E-state index is 9.83. The summed E-state index contributed by atoms with van der Waals surface area (Å²) in [5.74, 6) is 0.296. The standard InChI is InChI=1S/C4H8BrO/c1-4(2-5)3-6/h4H,2-3H2,1H3. The maximum absolute atomic E-state index is 9.83. The molecule has 37 valence electrons. The van der Waals surface area contributed by atoms with Gasteiger partial charge in [-0.15, -0.1) is 0 Å². The van der Waals surface area contributed by atoms with Crippen molar-refractivity contribution in [2.45, 2.75) is 6.92 Å². The second-order valence-corrected chi connectivity index (χ2v) is 2.07. The Morgan fingerprint density at radius 1 is 1.83 bits per heavy atom. The summed E-state index contributed by atoms with van der Waals surface area (Å²) in [6.07, 6.45) is 0. The molecule has 1 nitrogen and oxygen atoms in total. The van der Waals surface area contributed by atoms with E-state index in [-0.39, 0.29) is 6.61 Å². The summed E-state index contributed by atoms with van der Waals surface area (Å²) in [5.41, 5.74) is 0. The van der Waals surface area contributed by atoms with Crippen molar-refractivity contribution in [3.05, 3.63) is 0 Å². The van der Waals surface area contributed by atoms with E-state index in [2.05, 4.69) is 15.9 Å².